The summed E-state index contributed by atoms with van der Waals surface area (Å²) in [6.45, 7) is 2.95. The van der Waals surface area contributed by atoms with E-state index in [1.807, 2.05) is 0 Å². The summed E-state index contributed by atoms with van der Waals surface area (Å²) in [5.41, 5.74) is 0. The van der Waals surface area contributed by atoms with E-state index in [1.54, 1.807) is 0 Å². The van der Waals surface area contributed by atoms with Gasteiger partial charge in [0, 0.05) is 44.2 Å². The predicted octanol–water partition coefficient (Wildman–Crippen LogP) is 3.24. The maximum Gasteiger partial charge on any atom is 0.243 e. The molecule has 2 saturated heterocycles. The largest absolute Gasteiger partial charge is 0.299 e. The van der Waals surface area contributed by atoms with Gasteiger partial charge in [-0.15, -0.1) is 0 Å². The highest BCUT2D eigenvalue weighted by molar-refractivity contribution is 7.89. The molecule has 2 aliphatic heterocycles. The quantitative estimate of drug-likeness (QED) is 0.800. The lowest BCUT2D eigenvalue weighted by Crippen LogP contribution is -2.64. The molecule has 1 aromatic carbocycles. The standard InChI is InChI=1S/C19H26F2N2O2S/c20-16-8-17(21)10-18(9-16)26(24,25)23-7-6-19-15(13-23)12-22(19)11-14-4-2-1-3-5-14/h8-10,14-15,19H,1-7,11-13H2. The molecule has 0 bridgehead atoms. The van der Waals surface area contributed by atoms with Gasteiger partial charge in [0.1, 0.15) is 11.6 Å². The highest BCUT2D eigenvalue weighted by Crippen LogP contribution is 2.36. The van der Waals surface area contributed by atoms with Crippen LogP contribution >= 0.6 is 0 Å². The summed E-state index contributed by atoms with van der Waals surface area (Å²) in [6, 6.07) is 2.97. The first-order valence-electron chi connectivity index (χ1n) is 9.64. The Hall–Kier alpha value is -1.05. The van der Waals surface area contributed by atoms with Gasteiger partial charge in [0.25, 0.3) is 0 Å². The number of benzene rings is 1. The molecule has 1 saturated carbocycles. The normalized spacial score (nSPS) is 28.5. The van der Waals surface area contributed by atoms with Crippen molar-refractivity contribution in [2.24, 2.45) is 11.8 Å². The molecule has 144 valence electrons. The number of hydrogen-bond acceptors (Lipinski definition) is 3. The minimum absolute atomic E-state index is 0.285. The molecule has 2 heterocycles. The molecule has 1 aliphatic carbocycles. The van der Waals surface area contributed by atoms with Gasteiger partial charge in [0.05, 0.1) is 4.90 Å². The smallest absolute Gasteiger partial charge is 0.243 e. The van der Waals surface area contributed by atoms with E-state index in [0.29, 0.717) is 31.1 Å². The molecule has 4 nitrogen and oxygen atoms in total. The van der Waals surface area contributed by atoms with Crippen LogP contribution < -0.4 is 0 Å². The van der Waals surface area contributed by atoms with E-state index in [2.05, 4.69) is 4.90 Å². The molecule has 2 unspecified atom stereocenters. The molecule has 26 heavy (non-hydrogen) atoms. The van der Waals surface area contributed by atoms with Crippen LogP contribution in [0.5, 0.6) is 0 Å². The highest BCUT2D eigenvalue weighted by Gasteiger charge is 2.45. The Kier molecular flexibility index (Phi) is 5.05. The van der Waals surface area contributed by atoms with E-state index in [0.717, 1.165) is 37.6 Å². The van der Waals surface area contributed by atoms with Crippen molar-refractivity contribution in [1.29, 1.82) is 0 Å². The van der Waals surface area contributed by atoms with Crippen molar-refractivity contribution < 1.29 is 17.2 Å². The summed E-state index contributed by atoms with van der Waals surface area (Å²) in [7, 11) is -3.84. The van der Waals surface area contributed by atoms with Crippen molar-refractivity contribution in [1.82, 2.24) is 9.21 Å². The summed E-state index contributed by atoms with van der Waals surface area (Å²) in [6.07, 6.45) is 7.47. The Labute approximate surface area is 154 Å². The average molecular weight is 384 g/mol. The molecular formula is C19H26F2N2O2S. The van der Waals surface area contributed by atoms with E-state index in [-0.39, 0.29) is 4.90 Å². The van der Waals surface area contributed by atoms with Crippen LogP contribution in [0.25, 0.3) is 0 Å². The predicted molar refractivity (Wildman–Crippen MR) is 95.2 cm³/mol. The third-order valence-corrected chi connectivity index (χ3v) is 8.13. The van der Waals surface area contributed by atoms with Crippen molar-refractivity contribution in [2.45, 2.75) is 49.5 Å². The number of likely N-dealkylation sites (tertiary alicyclic amines) is 1. The number of rotatable bonds is 4. The Bertz CT molecular complexity index is 745. The topological polar surface area (TPSA) is 40.6 Å². The van der Waals surface area contributed by atoms with Crippen molar-refractivity contribution in [3.05, 3.63) is 29.8 Å². The van der Waals surface area contributed by atoms with Crippen molar-refractivity contribution >= 4 is 10.0 Å². The zero-order chi connectivity index (χ0) is 18.3. The van der Waals surface area contributed by atoms with Gasteiger partial charge in [-0.3, -0.25) is 4.90 Å². The molecule has 0 radical (unpaired) electrons. The number of hydrogen-bond donors (Lipinski definition) is 0. The zero-order valence-corrected chi connectivity index (χ0v) is 15.7. The molecule has 3 aliphatic rings. The van der Waals surface area contributed by atoms with Gasteiger partial charge in [-0.1, -0.05) is 19.3 Å². The zero-order valence-electron chi connectivity index (χ0n) is 14.9. The van der Waals surface area contributed by atoms with Gasteiger partial charge in [-0.05, 0) is 37.3 Å². The van der Waals surface area contributed by atoms with Crippen LogP contribution in [0.4, 0.5) is 8.78 Å². The molecule has 0 spiro atoms. The fraction of sp³-hybridized carbons (Fsp3) is 0.684. The van der Waals surface area contributed by atoms with E-state index in [1.165, 1.54) is 36.4 Å². The number of sulfonamides is 1. The molecule has 0 N–H and O–H groups in total. The third-order valence-electron chi connectivity index (χ3n) is 6.29. The molecule has 3 fully saturated rings. The number of halogens is 2. The van der Waals surface area contributed by atoms with E-state index < -0.39 is 21.7 Å². The molecule has 0 aromatic heterocycles. The van der Waals surface area contributed by atoms with Gasteiger partial charge >= 0.3 is 0 Å². The molecule has 4 rings (SSSR count). The first-order valence-corrected chi connectivity index (χ1v) is 11.1. The average Bonchev–Trinajstić information content (AvgIpc) is 2.59. The van der Waals surface area contributed by atoms with E-state index >= 15 is 0 Å². The van der Waals surface area contributed by atoms with Gasteiger partial charge in [0.2, 0.25) is 10.0 Å². The maximum absolute atomic E-state index is 13.4. The van der Waals surface area contributed by atoms with Gasteiger partial charge in [-0.2, -0.15) is 4.31 Å². The minimum Gasteiger partial charge on any atom is -0.299 e. The molecular weight excluding hydrogens is 358 g/mol. The summed E-state index contributed by atoms with van der Waals surface area (Å²) in [5.74, 6) is -0.594. The van der Waals surface area contributed by atoms with Crippen LogP contribution in [0.1, 0.15) is 38.5 Å². The first-order chi connectivity index (χ1) is 12.4. The third kappa shape index (κ3) is 3.53. The van der Waals surface area contributed by atoms with Gasteiger partial charge < -0.3 is 0 Å². The second-order valence-electron chi connectivity index (χ2n) is 8.04. The second kappa shape index (κ2) is 7.17. The lowest BCUT2D eigenvalue weighted by Gasteiger charge is -2.54. The Morgan fingerprint density at radius 3 is 2.31 bits per heavy atom. The summed E-state index contributed by atoms with van der Waals surface area (Å²) < 4.78 is 53.7. The van der Waals surface area contributed by atoms with Gasteiger partial charge in [0.15, 0.2) is 0 Å². The molecule has 1 aromatic rings. The Morgan fingerprint density at radius 1 is 0.962 bits per heavy atom. The summed E-state index contributed by atoms with van der Waals surface area (Å²) in [4.78, 5) is 2.23. The van der Waals surface area contributed by atoms with Crippen LogP contribution in [0, 0.1) is 23.5 Å². The lowest BCUT2D eigenvalue weighted by molar-refractivity contribution is -0.0369. The fourth-order valence-electron chi connectivity index (χ4n) is 4.90. The monoisotopic (exact) mass is 384 g/mol. The molecule has 2 atom stereocenters. The first kappa shape index (κ1) is 18.3. The Morgan fingerprint density at radius 2 is 1.65 bits per heavy atom. The van der Waals surface area contributed by atoms with Crippen LogP contribution in [-0.2, 0) is 10.0 Å². The van der Waals surface area contributed by atoms with Gasteiger partial charge in [-0.25, -0.2) is 17.2 Å². The van der Waals surface area contributed by atoms with Crippen LogP contribution in [0.15, 0.2) is 23.1 Å². The second-order valence-corrected chi connectivity index (χ2v) is 9.98. The van der Waals surface area contributed by atoms with E-state index in [4.69, 9.17) is 0 Å². The summed E-state index contributed by atoms with van der Waals surface area (Å²) in [5, 5.41) is 0. The van der Waals surface area contributed by atoms with Crippen molar-refractivity contribution in [2.75, 3.05) is 26.2 Å². The summed E-state index contributed by atoms with van der Waals surface area (Å²) >= 11 is 0. The highest BCUT2D eigenvalue weighted by atomic mass is 32.2. The van der Waals surface area contributed by atoms with Crippen molar-refractivity contribution in [3.63, 3.8) is 0 Å². The fourth-order valence-corrected chi connectivity index (χ4v) is 6.46. The van der Waals surface area contributed by atoms with Crippen LogP contribution in [0.2, 0.25) is 0 Å². The van der Waals surface area contributed by atoms with E-state index in [9.17, 15) is 17.2 Å². The van der Waals surface area contributed by atoms with Crippen LogP contribution in [0.3, 0.4) is 0 Å². The lowest BCUT2D eigenvalue weighted by atomic mass is 9.81. The maximum atomic E-state index is 13.4. The number of piperidine rings is 1. The minimum atomic E-state index is -3.84. The molecule has 0 amide bonds. The Balaban J connectivity index is 1.39. The number of nitrogens with zero attached hydrogens (tertiary/aromatic N) is 2. The number of fused-ring (bicyclic) bond motifs is 1. The molecule has 7 heteroatoms. The van der Waals surface area contributed by atoms with Crippen molar-refractivity contribution in [3.8, 4) is 0 Å². The van der Waals surface area contributed by atoms with Crippen LogP contribution in [-0.4, -0.2) is 49.8 Å². The SMILES string of the molecule is O=S(=O)(c1cc(F)cc(F)c1)N1CCC2C(CN2CC2CCCCC2)C1.